The molecule has 0 spiro atoms. The summed E-state index contributed by atoms with van der Waals surface area (Å²) in [5, 5.41) is 8.00. The topological polar surface area (TPSA) is 83.4 Å². The van der Waals surface area contributed by atoms with E-state index in [1.54, 1.807) is 4.90 Å². The van der Waals surface area contributed by atoms with Gasteiger partial charge in [0.15, 0.2) is 11.2 Å². The van der Waals surface area contributed by atoms with Crippen molar-refractivity contribution in [2.75, 3.05) is 13.1 Å². The van der Waals surface area contributed by atoms with Crippen molar-refractivity contribution in [2.45, 2.75) is 19.8 Å². The highest BCUT2D eigenvalue weighted by Gasteiger charge is 2.26. The van der Waals surface area contributed by atoms with Gasteiger partial charge in [0.05, 0.1) is 11.0 Å². The van der Waals surface area contributed by atoms with Crippen LogP contribution in [0.3, 0.4) is 0 Å². The summed E-state index contributed by atoms with van der Waals surface area (Å²) in [6, 6.07) is 5.68. The molecule has 1 saturated heterocycles. The van der Waals surface area contributed by atoms with Crippen LogP contribution in [0.5, 0.6) is 0 Å². The number of benzene rings is 1. The molecular weight excluding hydrogens is 282 g/mol. The quantitative estimate of drug-likeness (QED) is 0.729. The van der Waals surface area contributed by atoms with Gasteiger partial charge in [-0.1, -0.05) is 11.3 Å². The molecule has 0 atom stereocenters. The minimum absolute atomic E-state index is 0.130. The Balaban J connectivity index is 1.97. The molecule has 0 aliphatic carbocycles. The van der Waals surface area contributed by atoms with Gasteiger partial charge >= 0.3 is 0 Å². The molecular formula is C15H15N5O2. The second-order valence-electron chi connectivity index (χ2n) is 5.67. The Morgan fingerprint density at radius 3 is 2.82 bits per heavy atom. The van der Waals surface area contributed by atoms with Crippen molar-refractivity contribution in [3.05, 3.63) is 39.8 Å². The number of aryl methyl sites for hydroxylation is 1. The molecule has 1 aromatic carbocycles. The second kappa shape index (κ2) is 4.66. The lowest BCUT2D eigenvalue weighted by atomic mass is 10.2. The van der Waals surface area contributed by atoms with E-state index in [4.69, 9.17) is 0 Å². The van der Waals surface area contributed by atoms with E-state index in [9.17, 15) is 9.59 Å². The summed E-state index contributed by atoms with van der Waals surface area (Å²) >= 11 is 0. The molecule has 1 amide bonds. The Morgan fingerprint density at radius 2 is 2.05 bits per heavy atom. The van der Waals surface area contributed by atoms with Crippen LogP contribution in [0, 0.1) is 6.92 Å². The summed E-state index contributed by atoms with van der Waals surface area (Å²) in [4.78, 5) is 29.4. The van der Waals surface area contributed by atoms with Gasteiger partial charge in [-0.3, -0.25) is 9.59 Å². The normalized spacial score (nSPS) is 15.0. The maximum Gasteiger partial charge on any atom is 0.277 e. The fourth-order valence-corrected chi connectivity index (χ4v) is 2.98. The number of likely N-dealkylation sites (tertiary alicyclic amines) is 1. The summed E-state index contributed by atoms with van der Waals surface area (Å²) in [6.07, 6.45) is 1.98. The zero-order valence-corrected chi connectivity index (χ0v) is 12.2. The minimum atomic E-state index is -0.342. The van der Waals surface area contributed by atoms with Crippen molar-refractivity contribution in [3.8, 4) is 0 Å². The van der Waals surface area contributed by atoms with E-state index >= 15 is 0 Å². The van der Waals surface area contributed by atoms with E-state index < -0.39 is 0 Å². The number of hydrogen-bond acceptors (Lipinski definition) is 4. The van der Waals surface area contributed by atoms with Gasteiger partial charge in [0, 0.05) is 13.1 Å². The monoisotopic (exact) mass is 297 g/mol. The number of hydrogen-bond donors (Lipinski definition) is 1. The SMILES string of the molecule is Cc1ccc2c(c1)[nH]c(=O)c1c(C(=O)N3CCCC3)nnn12. The molecule has 112 valence electrons. The molecule has 0 bridgehead atoms. The highest BCUT2D eigenvalue weighted by molar-refractivity contribution is 5.99. The number of aromatic nitrogens is 4. The average Bonchev–Trinajstić information content (AvgIpc) is 3.16. The minimum Gasteiger partial charge on any atom is -0.337 e. The Labute approximate surface area is 125 Å². The molecule has 0 saturated carbocycles. The maximum absolute atomic E-state index is 12.5. The Morgan fingerprint density at radius 1 is 1.27 bits per heavy atom. The van der Waals surface area contributed by atoms with Crippen LogP contribution >= 0.6 is 0 Å². The molecule has 22 heavy (non-hydrogen) atoms. The third-order valence-corrected chi connectivity index (χ3v) is 4.11. The molecule has 3 aromatic rings. The van der Waals surface area contributed by atoms with Crippen LogP contribution in [0.1, 0.15) is 28.9 Å². The zero-order valence-electron chi connectivity index (χ0n) is 12.2. The number of nitrogens with one attached hydrogen (secondary N) is 1. The van der Waals surface area contributed by atoms with Crippen molar-refractivity contribution in [1.82, 2.24) is 24.7 Å². The first-order valence-electron chi connectivity index (χ1n) is 7.32. The van der Waals surface area contributed by atoms with E-state index in [1.807, 2.05) is 25.1 Å². The lowest BCUT2D eigenvalue weighted by Gasteiger charge is -2.12. The van der Waals surface area contributed by atoms with E-state index in [-0.39, 0.29) is 22.7 Å². The molecule has 0 radical (unpaired) electrons. The third kappa shape index (κ3) is 1.82. The number of fused-ring (bicyclic) bond motifs is 3. The van der Waals surface area contributed by atoms with Gasteiger partial charge in [-0.05, 0) is 37.5 Å². The molecule has 1 fully saturated rings. The number of rotatable bonds is 1. The Bertz CT molecular complexity index is 950. The number of carbonyl (C=O) groups is 1. The van der Waals surface area contributed by atoms with E-state index in [1.165, 1.54) is 4.52 Å². The number of carbonyl (C=O) groups excluding carboxylic acids is 1. The van der Waals surface area contributed by atoms with Gasteiger partial charge in [0.25, 0.3) is 11.5 Å². The van der Waals surface area contributed by atoms with Crippen molar-refractivity contribution in [2.24, 2.45) is 0 Å². The van der Waals surface area contributed by atoms with Crippen molar-refractivity contribution in [3.63, 3.8) is 0 Å². The Kier molecular flexibility index (Phi) is 2.75. The molecule has 7 heteroatoms. The lowest BCUT2D eigenvalue weighted by molar-refractivity contribution is 0.0789. The van der Waals surface area contributed by atoms with Crippen LogP contribution < -0.4 is 5.56 Å². The summed E-state index contributed by atoms with van der Waals surface area (Å²) in [5.41, 5.74) is 2.45. The average molecular weight is 297 g/mol. The maximum atomic E-state index is 12.5. The Hall–Kier alpha value is -2.70. The molecule has 0 unspecified atom stereocenters. The van der Waals surface area contributed by atoms with Crippen molar-refractivity contribution in [1.29, 1.82) is 0 Å². The molecule has 2 aromatic heterocycles. The molecule has 4 rings (SSSR count). The van der Waals surface area contributed by atoms with Gasteiger partial charge in [-0.2, -0.15) is 0 Å². The number of amides is 1. The first-order chi connectivity index (χ1) is 10.6. The van der Waals surface area contributed by atoms with Crippen molar-refractivity contribution >= 4 is 22.5 Å². The van der Waals surface area contributed by atoms with Crippen molar-refractivity contribution < 1.29 is 4.79 Å². The number of H-pyrrole nitrogens is 1. The van der Waals surface area contributed by atoms with Gasteiger partial charge in [0.2, 0.25) is 0 Å². The predicted octanol–water partition coefficient (Wildman–Crippen LogP) is 1.12. The van der Waals surface area contributed by atoms with Crippen LogP contribution in [0.15, 0.2) is 23.0 Å². The fourth-order valence-electron chi connectivity index (χ4n) is 2.98. The molecule has 7 nitrogen and oxygen atoms in total. The number of nitrogens with zero attached hydrogens (tertiary/aromatic N) is 4. The van der Waals surface area contributed by atoms with Crippen LogP contribution in [-0.4, -0.2) is 43.7 Å². The predicted molar refractivity (Wildman–Crippen MR) is 81.0 cm³/mol. The fraction of sp³-hybridized carbons (Fsp3) is 0.333. The highest BCUT2D eigenvalue weighted by atomic mass is 16.2. The van der Waals surface area contributed by atoms with E-state index in [0.29, 0.717) is 18.6 Å². The first-order valence-corrected chi connectivity index (χ1v) is 7.32. The van der Waals surface area contributed by atoms with Crippen LogP contribution in [0.25, 0.3) is 16.6 Å². The van der Waals surface area contributed by atoms with Crippen LogP contribution in [0.2, 0.25) is 0 Å². The summed E-state index contributed by atoms with van der Waals surface area (Å²) in [6.45, 7) is 3.37. The number of aromatic amines is 1. The standard InChI is InChI=1S/C15H15N5O2/c1-9-4-5-11-10(8-9)16-14(21)13-12(17-18-20(11)13)15(22)19-6-2-3-7-19/h4-5,8H,2-3,6-7H2,1H3,(H,16,21). The van der Waals surface area contributed by atoms with Crippen LogP contribution in [0.4, 0.5) is 0 Å². The van der Waals surface area contributed by atoms with Gasteiger partial charge in [0.1, 0.15) is 0 Å². The molecule has 1 aliphatic heterocycles. The summed E-state index contributed by atoms with van der Waals surface area (Å²) < 4.78 is 1.46. The molecule has 3 heterocycles. The molecule has 1 aliphatic rings. The van der Waals surface area contributed by atoms with Gasteiger partial charge < -0.3 is 9.88 Å². The zero-order chi connectivity index (χ0) is 15.3. The second-order valence-corrected chi connectivity index (χ2v) is 5.67. The third-order valence-electron chi connectivity index (χ3n) is 4.11. The largest absolute Gasteiger partial charge is 0.337 e. The van der Waals surface area contributed by atoms with Gasteiger partial charge in [-0.25, -0.2) is 4.52 Å². The molecule has 1 N–H and O–H groups in total. The van der Waals surface area contributed by atoms with E-state index in [2.05, 4.69) is 15.3 Å². The van der Waals surface area contributed by atoms with Crippen LogP contribution in [-0.2, 0) is 0 Å². The highest BCUT2D eigenvalue weighted by Crippen LogP contribution is 2.17. The lowest BCUT2D eigenvalue weighted by Crippen LogP contribution is -2.29. The van der Waals surface area contributed by atoms with E-state index in [0.717, 1.165) is 23.9 Å². The summed E-state index contributed by atoms with van der Waals surface area (Å²) in [7, 11) is 0. The van der Waals surface area contributed by atoms with Gasteiger partial charge in [-0.15, -0.1) is 5.10 Å². The summed E-state index contributed by atoms with van der Waals surface area (Å²) in [5.74, 6) is -0.218. The first kappa shape index (κ1) is 13.0. The smallest absolute Gasteiger partial charge is 0.277 e.